The summed E-state index contributed by atoms with van der Waals surface area (Å²) >= 11 is 1.61. The molecule has 116 valence electrons. The molecule has 1 amide bonds. The minimum atomic E-state index is -0.139. The lowest BCUT2D eigenvalue weighted by atomic mass is 10.0. The molecule has 0 radical (unpaired) electrons. The average molecular weight is 317 g/mol. The Morgan fingerprint density at radius 2 is 2.18 bits per heavy atom. The zero-order valence-corrected chi connectivity index (χ0v) is 13.5. The third-order valence-corrected chi connectivity index (χ3v) is 4.06. The Labute approximate surface area is 134 Å². The van der Waals surface area contributed by atoms with Gasteiger partial charge < -0.3 is 14.8 Å². The molecule has 22 heavy (non-hydrogen) atoms. The lowest BCUT2D eigenvalue weighted by molar-refractivity contribution is 0.0951. The molecule has 0 aliphatic rings. The van der Waals surface area contributed by atoms with Gasteiger partial charge in [-0.15, -0.1) is 17.9 Å². The second-order valence-corrected chi connectivity index (χ2v) is 5.66. The predicted octanol–water partition coefficient (Wildman–Crippen LogP) is 3.42. The third kappa shape index (κ3) is 3.68. The summed E-state index contributed by atoms with van der Waals surface area (Å²) in [7, 11) is 3.14. The minimum Gasteiger partial charge on any atom is -0.493 e. The van der Waals surface area contributed by atoms with Gasteiger partial charge in [0.1, 0.15) is 0 Å². The minimum absolute atomic E-state index is 0.139. The Balaban J connectivity index is 2.23. The van der Waals surface area contributed by atoms with Gasteiger partial charge in [-0.1, -0.05) is 12.1 Å². The van der Waals surface area contributed by atoms with Crippen molar-refractivity contribution >= 4 is 17.2 Å². The van der Waals surface area contributed by atoms with Crippen LogP contribution in [-0.2, 0) is 13.0 Å². The quantitative estimate of drug-likeness (QED) is 0.796. The van der Waals surface area contributed by atoms with Crippen LogP contribution in [0.1, 0.15) is 20.8 Å². The molecule has 1 aromatic carbocycles. The molecule has 0 saturated carbocycles. The van der Waals surface area contributed by atoms with Crippen molar-refractivity contribution in [3.63, 3.8) is 0 Å². The highest BCUT2D eigenvalue weighted by Crippen LogP contribution is 2.33. The van der Waals surface area contributed by atoms with Gasteiger partial charge in [0.15, 0.2) is 11.5 Å². The summed E-state index contributed by atoms with van der Waals surface area (Å²) in [5.41, 5.74) is 1.42. The first kappa shape index (κ1) is 16.1. The van der Waals surface area contributed by atoms with Crippen molar-refractivity contribution < 1.29 is 14.3 Å². The van der Waals surface area contributed by atoms with Crippen molar-refractivity contribution in [2.45, 2.75) is 13.0 Å². The molecule has 0 fully saturated rings. The molecule has 0 bridgehead atoms. The summed E-state index contributed by atoms with van der Waals surface area (Å²) in [5, 5.41) is 4.89. The number of carbonyl (C=O) groups is 1. The van der Waals surface area contributed by atoms with Gasteiger partial charge >= 0.3 is 0 Å². The van der Waals surface area contributed by atoms with Crippen molar-refractivity contribution in [2.24, 2.45) is 0 Å². The molecule has 1 heterocycles. The monoisotopic (exact) mass is 317 g/mol. The van der Waals surface area contributed by atoms with Crippen molar-refractivity contribution in [3.05, 3.63) is 58.3 Å². The number of rotatable bonds is 7. The van der Waals surface area contributed by atoms with Crippen molar-refractivity contribution in [2.75, 3.05) is 14.2 Å². The van der Waals surface area contributed by atoms with Crippen LogP contribution in [0.15, 0.2) is 42.3 Å². The predicted molar refractivity (Wildman–Crippen MR) is 88.9 cm³/mol. The molecule has 0 atom stereocenters. The van der Waals surface area contributed by atoms with E-state index in [1.54, 1.807) is 37.7 Å². The summed E-state index contributed by atoms with van der Waals surface area (Å²) in [6.45, 7) is 4.25. The topological polar surface area (TPSA) is 47.6 Å². The fraction of sp³-hybridized carbons (Fsp3) is 0.235. The fourth-order valence-corrected chi connectivity index (χ4v) is 2.81. The van der Waals surface area contributed by atoms with E-state index in [0.29, 0.717) is 30.0 Å². The van der Waals surface area contributed by atoms with Gasteiger partial charge in [-0.3, -0.25) is 4.79 Å². The summed E-state index contributed by atoms with van der Waals surface area (Å²) in [4.78, 5) is 13.4. The highest BCUT2D eigenvalue weighted by atomic mass is 32.1. The molecular weight excluding hydrogens is 298 g/mol. The first-order valence-corrected chi connectivity index (χ1v) is 7.74. The van der Waals surface area contributed by atoms with Crippen LogP contribution >= 0.6 is 11.3 Å². The van der Waals surface area contributed by atoms with E-state index in [0.717, 1.165) is 10.4 Å². The van der Waals surface area contributed by atoms with Crippen molar-refractivity contribution in [1.82, 2.24) is 5.32 Å². The van der Waals surface area contributed by atoms with E-state index >= 15 is 0 Å². The van der Waals surface area contributed by atoms with Gasteiger partial charge in [0.05, 0.1) is 20.8 Å². The maximum Gasteiger partial charge on any atom is 0.251 e. The van der Waals surface area contributed by atoms with Crippen LogP contribution < -0.4 is 14.8 Å². The number of amides is 1. The standard InChI is InChI=1S/C17H19NO3S/c1-4-6-12-9-13(10-15(20-2)16(12)21-3)17(19)18-11-14-7-5-8-22-14/h4-5,7-10H,1,6,11H2,2-3H3,(H,18,19). The molecule has 1 N–H and O–H groups in total. The number of allylic oxidation sites excluding steroid dienone is 1. The molecule has 0 aliphatic carbocycles. The van der Waals surface area contributed by atoms with E-state index in [1.807, 2.05) is 23.6 Å². The van der Waals surface area contributed by atoms with Gasteiger partial charge in [0.25, 0.3) is 5.91 Å². The summed E-state index contributed by atoms with van der Waals surface area (Å²) < 4.78 is 10.7. The second kappa shape index (κ2) is 7.66. The molecule has 4 nitrogen and oxygen atoms in total. The lowest BCUT2D eigenvalue weighted by Gasteiger charge is -2.14. The molecule has 0 unspecified atom stereocenters. The summed E-state index contributed by atoms with van der Waals surface area (Å²) in [5.74, 6) is 1.04. The number of benzene rings is 1. The molecule has 0 saturated heterocycles. The van der Waals surface area contributed by atoms with Gasteiger partial charge in [0, 0.05) is 16.0 Å². The van der Waals surface area contributed by atoms with E-state index in [4.69, 9.17) is 9.47 Å². The molecule has 0 aliphatic heterocycles. The SMILES string of the molecule is C=CCc1cc(C(=O)NCc2cccs2)cc(OC)c1OC. The maximum absolute atomic E-state index is 12.3. The Hall–Kier alpha value is -2.27. The van der Waals surface area contributed by atoms with Gasteiger partial charge in [-0.25, -0.2) is 0 Å². The van der Waals surface area contributed by atoms with Crippen LogP contribution in [0, 0.1) is 0 Å². The molecule has 5 heteroatoms. The number of carbonyl (C=O) groups excluding carboxylic acids is 1. The Kier molecular flexibility index (Phi) is 5.61. The second-order valence-electron chi connectivity index (χ2n) is 4.63. The maximum atomic E-state index is 12.3. The zero-order chi connectivity index (χ0) is 15.9. The number of methoxy groups -OCH3 is 2. The van der Waals surface area contributed by atoms with Crippen LogP contribution in [0.4, 0.5) is 0 Å². The Morgan fingerprint density at radius 3 is 2.77 bits per heavy atom. The van der Waals surface area contributed by atoms with Crippen molar-refractivity contribution in [1.29, 1.82) is 0 Å². The van der Waals surface area contributed by atoms with Gasteiger partial charge in [-0.05, 0) is 30.0 Å². The van der Waals surface area contributed by atoms with E-state index in [2.05, 4.69) is 11.9 Å². The Bertz CT molecular complexity index is 650. The van der Waals surface area contributed by atoms with Crippen molar-refractivity contribution in [3.8, 4) is 11.5 Å². The number of hydrogen-bond donors (Lipinski definition) is 1. The number of ether oxygens (including phenoxy) is 2. The van der Waals surface area contributed by atoms with Gasteiger partial charge in [0.2, 0.25) is 0 Å². The molecule has 0 spiro atoms. The fourth-order valence-electron chi connectivity index (χ4n) is 2.16. The third-order valence-electron chi connectivity index (χ3n) is 3.19. The largest absolute Gasteiger partial charge is 0.493 e. The molecule has 1 aromatic heterocycles. The molecule has 2 aromatic rings. The molecule has 2 rings (SSSR count). The van der Waals surface area contributed by atoms with E-state index < -0.39 is 0 Å². The highest BCUT2D eigenvalue weighted by Gasteiger charge is 2.15. The van der Waals surface area contributed by atoms with E-state index in [9.17, 15) is 4.79 Å². The van der Waals surface area contributed by atoms with E-state index in [-0.39, 0.29) is 5.91 Å². The lowest BCUT2D eigenvalue weighted by Crippen LogP contribution is -2.22. The normalized spacial score (nSPS) is 10.1. The summed E-state index contributed by atoms with van der Waals surface area (Å²) in [6.07, 6.45) is 2.37. The van der Waals surface area contributed by atoms with E-state index in [1.165, 1.54) is 0 Å². The smallest absolute Gasteiger partial charge is 0.251 e. The first-order valence-electron chi connectivity index (χ1n) is 6.86. The Morgan fingerprint density at radius 1 is 1.36 bits per heavy atom. The summed E-state index contributed by atoms with van der Waals surface area (Å²) in [6, 6.07) is 7.45. The zero-order valence-electron chi connectivity index (χ0n) is 12.7. The van der Waals surface area contributed by atoms with Gasteiger partial charge in [-0.2, -0.15) is 0 Å². The first-order chi connectivity index (χ1) is 10.7. The van der Waals surface area contributed by atoms with Crippen LogP contribution in [0.5, 0.6) is 11.5 Å². The van der Waals surface area contributed by atoms with Crippen LogP contribution in [0.3, 0.4) is 0 Å². The molecular formula is C17H19NO3S. The average Bonchev–Trinajstić information content (AvgIpc) is 3.05. The number of nitrogens with one attached hydrogen (secondary N) is 1. The highest BCUT2D eigenvalue weighted by molar-refractivity contribution is 7.09. The van der Waals surface area contributed by atoms with Crippen LogP contribution in [0.2, 0.25) is 0 Å². The number of thiophene rings is 1. The number of hydrogen-bond acceptors (Lipinski definition) is 4. The van der Waals surface area contributed by atoms with Crippen LogP contribution in [0.25, 0.3) is 0 Å². The van der Waals surface area contributed by atoms with Crippen LogP contribution in [-0.4, -0.2) is 20.1 Å².